The van der Waals surface area contributed by atoms with Crippen LogP contribution in [0.15, 0.2) is 18.2 Å². The number of benzene rings is 1. The van der Waals surface area contributed by atoms with Crippen molar-refractivity contribution in [1.29, 1.82) is 0 Å². The molecule has 118 valence electrons. The maximum Gasteiger partial charge on any atom is 0.125 e. The molecule has 3 nitrogen and oxygen atoms in total. The van der Waals surface area contributed by atoms with Crippen LogP contribution in [0.5, 0.6) is 0 Å². The molecule has 1 heterocycles. The first kappa shape index (κ1) is 16.5. The molecule has 0 radical (unpaired) electrons. The smallest absolute Gasteiger partial charge is 0.125 e. The second-order valence-corrected chi connectivity index (χ2v) is 6.34. The minimum absolute atomic E-state index is 0.195. The van der Waals surface area contributed by atoms with Crippen molar-refractivity contribution in [2.24, 2.45) is 5.73 Å². The minimum atomic E-state index is -0.282. The molecular formula is C16H25ClFN3. The number of halogens is 2. The second-order valence-electron chi connectivity index (χ2n) is 5.93. The number of likely N-dealkylation sites (tertiary alicyclic amines) is 1. The van der Waals surface area contributed by atoms with Gasteiger partial charge in [0.25, 0.3) is 0 Å². The van der Waals surface area contributed by atoms with Crippen molar-refractivity contribution in [2.75, 3.05) is 31.5 Å². The summed E-state index contributed by atoms with van der Waals surface area (Å²) in [7, 11) is 0. The van der Waals surface area contributed by atoms with Crippen molar-refractivity contribution in [1.82, 2.24) is 4.90 Å². The number of nitrogens with two attached hydrogens (primary N) is 1. The molecular weight excluding hydrogens is 289 g/mol. The predicted molar refractivity (Wildman–Crippen MR) is 87.4 cm³/mol. The SMILES string of the molecule is CCCN1CCCC(CN)(Nc2cc(F)ccc2Cl)CC1. The van der Waals surface area contributed by atoms with Gasteiger partial charge in [-0.1, -0.05) is 18.5 Å². The molecule has 0 amide bonds. The summed E-state index contributed by atoms with van der Waals surface area (Å²) in [5.74, 6) is -0.282. The lowest BCUT2D eigenvalue weighted by Crippen LogP contribution is -2.46. The second kappa shape index (κ2) is 7.43. The number of rotatable bonds is 5. The zero-order valence-corrected chi connectivity index (χ0v) is 13.4. The maximum atomic E-state index is 13.4. The molecule has 5 heteroatoms. The Morgan fingerprint density at radius 2 is 2.19 bits per heavy atom. The van der Waals surface area contributed by atoms with Crippen molar-refractivity contribution in [3.8, 4) is 0 Å². The van der Waals surface area contributed by atoms with E-state index in [2.05, 4.69) is 17.1 Å². The van der Waals surface area contributed by atoms with Crippen LogP contribution in [0.1, 0.15) is 32.6 Å². The molecule has 2 rings (SSSR count). The quantitative estimate of drug-likeness (QED) is 0.874. The van der Waals surface area contributed by atoms with Crippen LogP contribution in [0, 0.1) is 5.82 Å². The lowest BCUT2D eigenvalue weighted by Gasteiger charge is -2.34. The van der Waals surface area contributed by atoms with Crippen molar-refractivity contribution in [3.05, 3.63) is 29.0 Å². The molecule has 1 aliphatic rings. The van der Waals surface area contributed by atoms with E-state index >= 15 is 0 Å². The summed E-state index contributed by atoms with van der Waals surface area (Å²) in [6.07, 6.45) is 4.20. The Morgan fingerprint density at radius 1 is 1.38 bits per heavy atom. The summed E-state index contributed by atoms with van der Waals surface area (Å²) in [4.78, 5) is 2.48. The van der Waals surface area contributed by atoms with E-state index in [0.717, 1.165) is 38.9 Å². The number of anilines is 1. The van der Waals surface area contributed by atoms with Gasteiger partial charge in [0, 0.05) is 13.1 Å². The van der Waals surface area contributed by atoms with Gasteiger partial charge in [0.2, 0.25) is 0 Å². The number of nitrogens with one attached hydrogen (secondary N) is 1. The number of nitrogens with zero attached hydrogens (tertiary/aromatic N) is 1. The predicted octanol–water partition coefficient (Wildman–Crippen LogP) is 3.48. The van der Waals surface area contributed by atoms with Crippen LogP contribution in [-0.2, 0) is 0 Å². The molecule has 1 atom stereocenters. The highest BCUT2D eigenvalue weighted by atomic mass is 35.5. The third kappa shape index (κ3) is 4.31. The molecule has 1 aliphatic heterocycles. The summed E-state index contributed by atoms with van der Waals surface area (Å²) in [5, 5.41) is 3.97. The van der Waals surface area contributed by atoms with Gasteiger partial charge in [-0.05, 0) is 57.0 Å². The molecule has 1 unspecified atom stereocenters. The number of hydrogen-bond donors (Lipinski definition) is 2. The molecule has 1 aromatic carbocycles. The summed E-state index contributed by atoms with van der Waals surface area (Å²) < 4.78 is 13.4. The fourth-order valence-electron chi connectivity index (χ4n) is 3.05. The monoisotopic (exact) mass is 313 g/mol. The molecule has 0 aromatic heterocycles. The lowest BCUT2D eigenvalue weighted by atomic mass is 9.90. The van der Waals surface area contributed by atoms with Gasteiger partial charge in [0.15, 0.2) is 0 Å². The van der Waals surface area contributed by atoms with Gasteiger partial charge in [0.05, 0.1) is 16.2 Å². The summed E-state index contributed by atoms with van der Waals surface area (Å²) in [5.41, 5.74) is 6.50. The highest BCUT2D eigenvalue weighted by molar-refractivity contribution is 6.33. The van der Waals surface area contributed by atoms with Gasteiger partial charge in [-0.2, -0.15) is 0 Å². The normalized spacial score (nSPS) is 23.8. The third-order valence-electron chi connectivity index (χ3n) is 4.30. The highest BCUT2D eigenvalue weighted by Crippen LogP contribution is 2.30. The average Bonchev–Trinajstić information content (AvgIpc) is 2.67. The third-order valence-corrected chi connectivity index (χ3v) is 4.62. The van der Waals surface area contributed by atoms with Crippen LogP contribution in [-0.4, -0.2) is 36.6 Å². The van der Waals surface area contributed by atoms with Crippen LogP contribution in [0.4, 0.5) is 10.1 Å². The van der Waals surface area contributed by atoms with E-state index in [-0.39, 0.29) is 11.4 Å². The van der Waals surface area contributed by atoms with E-state index in [9.17, 15) is 4.39 Å². The summed E-state index contributed by atoms with van der Waals surface area (Å²) in [6, 6.07) is 4.41. The van der Waals surface area contributed by atoms with E-state index in [0.29, 0.717) is 17.3 Å². The van der Waals surface area contributed by atoms with Crippen LogP contribution >= 0.6 is 11.6 Å². The Kier molecular flexibility index (Phi) is 5.85. The Balaban J connectivity index is 2.12. The minimum Gasteiger partial charge on any atom is -0.377 e. The van der Waals surface area contributed by atoms with Crippen molar-refractivity contribution in [2.45, 2.75) is 38.1 Å². The molecule has 21 heavy (non-hydrogen) atoms. The topological polar surface area (TPSA) is 41.3 Å². The summed E-state index contributed by atoms with van der Waals surface area (Å²) >= 11 is 6.17. The standard InChI is InChI=1S/C16H25ClFN3/c1-2-8-21-9-3-6-16(12-19,7-10-21)20-15-11-13(18)4-5-14(15)17/h4-5,11,20H,2-3,6-10,12,19H2,1H3. The van der Waals surface area contributed by atoms with E-state index in [4.69, 9.17) is 17.3 Å². The van der Waals surface area contributed by atoms with E-state index in [1.54, 1.807) is 6.07 Å². The molecule has 0 bridgehead atoms. The van der Waals surface area contributed by atoms with Crippen molar-refractivity contribution >= 4 is 17.3 Å². The van der Waals surface area contributed by atoms with Crippen LogP contribution < -0.4 is 11.1 Å². The van der Waals surface area contributed by atoms with E-state index < -0.39 is 0 Å². The Hall–Kier alpha value is -0.840. The first-order valence-electron chi connectivity index (χ1n) is 7.74. The zero-order chi connectivity index (χ0) is 15.3. The number of hydrogen-bond acceptors (Lipinski definition) is 3. The molecule has 0 spiro atoms. The Labute approximate surface area is 131 Å². The lowest BCUT2D eigenvalue weighted by molar-refractivity contribution is 0.279. The van der Waals surface area contributed by atoms with E-state index in [1.165, 1.54) is 18.6 Å². The van der Waals surface area contributed by atoms with Gasteiger partial charge in [0.1, 0.15) is 5.82 Å². The molecule has 3 N–H and O–H groups in total. The van der Waals surface area contributed by atoms with Crippen molar-refractivity contribution in [3.63, 3.8) is 0 Å². The summed E-state index contributed by atoms with van der Waals surface area (Å²) in [6.45, 7) is 5.98. The van der Waals surface area contributed by atoms with Gasteiger partial charge >= 0.3 is 0 Å². The van der Waals surface area contributed by atoms with Crippen LogP contribution in [0.2, 0.25) is 5.02 Å². The largest absolute Gasteiger partial charge is 0.377 e. The first-order chi connectivity index (χ1) is 10.1. The first-order valence-corrected chi connectivity index (χ1v) is 8.12. The van der Waals surface area contributed by atoms with Crippen LogP contribution in [0.3, 0.4) is 0 Å². The van der Waals surface area contributed by atoms with Gasteiger partial charge in [-0.3, -0.25) is 0 Å². The molecule has 1 aromatic rings. The molecule has 1 fully saturated rings. The van der Waals surface area contributed by atoms with E-state index in [1.807, 2.05) is 0 Å². The Bertz CT molecular complexity index is 469. The fourth-order valence-corrected chi connectivity index (χ4v) is 3.21. The van der Waals surface area contributed by atoms with Gasteiger partial charge in [-0.15, -0.1) is 0 Å². The average molecular weight is 314 g/mol. The molecule has 1 saturated heterocycles. The molecule has 0 saturated carbocycles. The Morgan fingerprint density at radius 3 is 2.90 bits per heavy atom. The van der Waals surface area contributed by atoms with Crippen LogP contribution in [0.25, 0.3) is 0 Å². The maximum absolute atomic E-state index is 13.4. The highest BCUT2D eigenvalue weighted by Gasteiger charge is 2.31. The van der Waals surface area contributed by atoms with Gasteiger partial charge < -0.3 is 16.0 Å². The molecule has 0 aliphatic carbocycles. The zero-order valence-electron chi connectivity index (χ0n) is 12.7. The van der Waals surface area contributed by atoms with Crippen molar-refractivity contribution < 1.29 is 4.39 Å². The fraction of sp³-hybridized carbons (Fsp3) is 0.625. The van der Waals surface area contributed by atoms with Gasteiger partial charge in [-0.25, -0.2) is 4.39 Å².